The van der Waals surface area contributed by atoms with Crippen LogP contribution in [0.1, 0.15) is 33.0 Å². The Balaban J connectivity index is 2.48. The quantitative estimate of drug-likeness (QED) is 0.593. The third-order valence-corrected chi connectivity index (χ3v) is 2.78. The lowest BCUT2D eigenvalue weighted by atomic mass is 9.96. The zero-order chi connectivity index (χ0) is 14.3. The van der Waals surface area contributed by atoms with Gasteiger partial charge in [0, 0.05) is 24.6 Å². The van der Waals surface area contributed by atoms with Gasteiger partial charge >= 0.3 is 0 Å². The zero-order valence-electron chi connectivity index (χ0n) is 11.7. The highest BCUT2D eigenvalue weighted by Gasteiger charge is 2.18. The molecule has 2 N–H and O–H groups in total. The summed E-state index contributed by atoms with van der Waals surface area (Å²) in [5.74, 6) is 1.62. The molecule has 1 aromatic heterocycles. The average Bonchev–Trinajstić information content (AvgIpc) is 2.32. The first-order valence-corrected chi connectivity index (χ1v) is 7.20. The monoisotopic (exact) mass is 331 g/mol. The van der Waals surface area contributed by atoms with Crippen molar-refractivity contribution in [3.8, 4) is 0 Å². The molecule has 0 bridgehead atoms. The molecule has 0 unspecified atom stereocenters. The molecule has 0 fully saturated rings. The molecule has 0 aromatic carbocycles. The smallest absolute Gasteiger partial charge is 0.137 e. The molecular formula is C13H22BrN3O2. The molecule has 108 valence electrons. The van der Waals surface area contributed by atoms with Crippen molar-refractivity contribution < 1.29 is 9.84 Å². The lowest BCUT2D eigenvalue weighted by Crippen LogP contribution is -2.18. The summed E-state index contributed by atoms with van der Waals surface area (Å²) < 4.78 is 5.97. The van der Waals surface area contributed by atoms with E-state index in [1.807, 2.05) is 6.07 Å². The van der Waals surface area contributed by atoms with Crippen molar-refractivity contribution in [2.45, 2.75) is 32.6 Å². The van der Waals surface area contributed by atoms with Gasteiger partial charge in [0.15, 0.2) is 0 Å². The van der Waals surface area contributed by atoms with Gasteiger partial charge in [0.25, 0.3) is 0 Å². The summed E-state index contributed by atoms with van der Waals surface area (Å²) in [6.45, 7) is 8.13. The van der Waals surface area contributed by atoms with Crippen LogP contribution in [-0.2, 0) is 10.2 Å². The molecule has 1 rings (SSSR count). The lowest BCUT2D eigenvalue weighted by Gasteiger charge is -2.18. The van der Waals surface area contributed by atoms with E-state index in [4.69, 9.17) is 9.84 Å². The Morgan fingerprint density at radius 3 is 2.68 bits per heavy atom. The van der Waals surface area contributed by atoms with Crippen molar-refractivity contribution in [1.82, 2.24) is 9.97 Å². The third kappa shape index (κ3) is 6.31. The number of anilines is 1. The summed E-state index contributed by atoms with van der Waals surface area (Å²) >= 11 is 3.41. The number of nitrogens with zero attached hydrogens (tertiary/aromatic N) is 2. The average molecular weight is 332 g/mol. The number of aliphatic hydroxyl groups is 1. The number of halogens is 1. The molecule has 0 atom stereocenters. The number of rotatable bonds is 7. The van der Waals surface area contributed by atoms with Gasteiger partial charge in [-0.2, -0.15) is 0 Å². The summed E-state index contributed by atoms with van der Waals surface area (Å²) in [7, 11) is 0. The normalized spacial score (nSPS) is 11.6. The number of hydrogen-bond donors (Lipinski definition) is 2. The minimum Gasteiger partial charge on any atom is -0.394 e. The maximum absolute atomic E-state index is 8.58. The minimum atomic E-state index is -0.0789. The van der Waals surface area contributed by atoms with Crippen LogP contribution in [0.2, 0.25) is 0 Å². The van der Waals surface area contributed by atoms with Gasteiger partial charge in [-0.15, -0.1) is 0 Å². The molecule has 0 radical (unpaired) electrons. The van der Waals surface area contributed by atoms with Crippen LogP contribution in [0.3, 0.4) is 0 Å². The topological polar surface area (TPSA) is 67.3 Å². The second-order valence-corrected chi connectivity index (χ2v) is 6.08. The summed E-state index contributed by atoms with van der Waals surface area (Å²) in [6.07, 6.45) is 0.868. The Hall–Kier alpha value is -0.720. The molecule has 19 heavy (non-hydrogen) atoms. The van der Waals surface area contributed by atoms with E-state index in [1.165, 1.54) is 0 Å². The highest BCUT2D eigenvalue weighted by molar-refractivity contribution is 9.10. The van der Waals surface area contributed by atoms with E-state index in [-0.39, 0.29) is 12.0 Å². The Morgan fingerprint density at radius 1 is 1.32 bits per heavy atom. The third-order valence-electron chi connectivity index (χ3n) is 2.37. The van der Waals surface area contributed by atoms with Crippen molar-refractivity contribution >= 4 is 21.7 Å². The van der Waals surface area contributed by atoms with Gasteiger partial charge in [-0.25, -0.2) is 9.97 Å². The largest absolute Gasteiger partial charge is 0.394 e. The van der Waals surface area contributed by atoms with Crippen LogP contribution in [0.25, 0.3) is 0 Å². The molecule has 0 aliphatic heterocycles. The van der Waals surface area contributed by atoms with Crippen molar-refractivity contribution in [2.24, 2.45) is 0 Å². The summed E-state index contributed by atoms with van der Waals surface area (Å²) in [4.78, 5) is 8.89. The summed E-state index contributed by atoms with van der Waals surface area (Å²) in [6, 6.07) is 1.86. The van der Waals surface area contributed by atoms with E-state index < -0.39 is 0 Å². The summed E-state index contributed by atoms with van der Waals surface area (Å²) in [5.41, 5.74) is -0.0789. The number of nitrogens with one attached hydrogen (secondary N) is 1. The molecule has 0 spiro atoms. The van der Waals surface area contributed by atoms with Crippen LogP contribution < -0.4 is 5.32 Å². The van der Waals surface area contributed by atoms with Gasteiger partial charge in [-0.3, -0.25) is 0 Å². The first-order valence-electron chi connectivity index (χ1n) is 6.41. The van der Waals surface area contributed by atoms with E-state index in [0.29, 0.717) is 13.2 Å². The van der Waals surface area contributed by atoms with Gasteiger partial charge in [0.05, 0.1) is 13.2 Å². The van der Waals surface area contributed by atoms with Crippen LogP contribution >= 0.6 is 15.9 Å². The van der Waals surface area contributed by atoms with E-state index in [0.717, 1.165) is 29.2 Å². The predicted octanol–water partition coefficient (Wildman–Crippen LogP) is 2.35. The first kappa shape index (κ1) is 16.3. The fourth-order valence-corrected chi connectivity index (χ4v) is 1.79. The van der Waals surface area contributed by atoms with Crippen molar-refractivity contribution in [2.75, 3.05) is 31.7 Å². The van der Waals surface area contributed by atoms with E-state index >= 15 is 0 Å². The highest BCUT2D eigenvalue weighted by atomic mass is 79.9. The number of aliphatic hydroxyl groups excluding tert-OH is 1. The Labute approximate surface area is 122 Å². The van der Waals surface area contributed by atoms with Crippen molar-refractivity contribution in [3.63, 3.8) is 0 Å². The van der Waals surface area contributed by atoms with Gasteiger partial charge in [0.1, 0.15) is 16.2 Å². The second kappa shape index (κ2) is 7.77. The number of ether oxygens (including phenoxy) is 1. The molecule has 0 aliphatic carbocycles. The van der Waals surface area contributed by atoms with Gasteiger partial charge < -0.3 is 15.2 Å². The Kier molecular flexibility index (Phi) is 6.68. The minimum absolute atomic E-state index is 0.0707. The fourth-order valence-electron chi connectivity index (χ4n) is 1.40. The molecule has 1 aromatic rings. The molecule has 0 aliphatic rings. The standard InChI is InChI=1S/C13H22BrN3O2/c1-13(2,3)12-16-10(14)9-11(17-12)15-5-4-7-19-8-6-18/h9,18H,4-8H2,1-3H3,(H,15,16,17). The maximum atomic E-state index is 8.58. The maximum Gasteiger partial charge on any atom is 0.137 e. The Morgan fingerprint density at radius 2 is 2.05 bits per heavy atom. The van der Waals surface area contributed by atoms with Crippen LogP contribution in [-0.4, -0.2) is 41.4 Å². The second-order valence-electron chi connectivity index (χ2n) is 5.27. The molecule has 0 amide bonds. The lowest BCUT2D eigenvalue weighted by molar-refractivity contribution is 0.0922. The van der Waals surface area contributed by atoms with Gasteiger partial charge in [-0.1, -0.05) is 20.8 Å². The zero-order valence-corrected chi connectivity index (χ0v) is 13.3. The summed E-state index contributed by atoms with van der Waals surface area (Å²) in [5, 5.41) is 11.8. The molecule has 0 saturated heterocycles. The number of aromatic nitrogens is 2. The van der Waals surface area contributed by atoms with Crippen molar-refractivity contribution in [3.05, 3.63) is 16.5 Å². The molecule has 0 saturated carbocycles. The highest BCUT2D eigenvalue weighted by Crippen LogP contribution is 2.22. The Bertz CT molecular complexity index is 394. The first-order chi connectivity index (χ1) is 8.93. The fraction of sp³-hybridized carbons (Fsp3) is 0.692. The van der Waals surface area contributed by atoms with Crippen LogP contribution in [0.4, 0.5) is 5.82 Å². The predicted molar refractivity (Wildman–Crippen MR) is 79.4 cm³/mol. The molecular weight excluding hydrogens is 310 g/mol. The molecule has 5 nitrogen and oxygen atoms in total. The van der Waals surface area contributed by atoms with Crippen molar-refractivity contribution in [1.29, 1.82) is 0 Å². The SMILES string of the molecule is CC(C)(C)c1nc(Br)cc(NCCCOCCO)n1. The van der Waals surface area contributed by atoms with Crippen LogP contribution in [0, 0.1) is 0 Å². The van der Waals surface area contributed by atoms with Crippen LogP contribution in [0.5, 0.6) is 0 Å². The van der Waals surface area contributed by atoms with Gasteiger partial charge in [0.2, 0.25) is 0 Å². The van der Waals surface area contributed by atoms with E-state index in [9.17, 15) is 0 Å². The number of hydrogen-bond acceptors (Lipinski definition) is 5. The van der Waals surface area contributed by atoms with E-state index in [1.54, 1.807) is 0 Å². The van der Waals surface area contributed by atoms with Gasteiger partial charge in [-0.05, 0) is 22.4 Å². The molecule has 6 heteroatoms. The van der Waals surface area contributed by atoms with E-state index in [2.05, 4.69) is 52.0 Å². The molecule has 1 heterocycles. The van der Waals surface area contributed by atoms with Crippen LogP contribution in [0.15, 0.2) is 10.7 Å².